The minimum Gasteiger partial charge on any atom is -0.370 e. The van der Waals surface area contributed by atoms with Crippen molar-refractivity contribution in [3.05, 3.63) is 24.3 Å². The Morgan fingerprint density at radius 1 is 1.00 bits per heavy atom. The molecule has 0 aromatic carbocycles. The first-order valence-electron chi connectivity index (χ1n) is 10.6. The molecule has 1 heterocycles. The van der Waals surface area contributed by atoms with E-state index in [0.29, 0.717) is 0 Å². The van der Waals surface area contributed by atoms with Gasteiger partial charge in [-0.3, -0.25) is 4.99 Å². The van der Waals surface area contributed by atoms with Gasteiger partial charge in [-0.15, -0.1) is 0 Å². The zero-order valence-electron chi connectivity index (χ0n) is 16.4. The minimum atomic E-state index is 0.263. The normalized spacial score (nSPS) is 22.6. The van der Waals surface area contributed by atoms with Crippen molar-refractivity contribution in [2.75, 3.05) is 19.6 Å². The van der Waals surface area contributed by atoms with Crippen LogP contribution in [0, 0.1) is 5.41 Å². The molecule has 0 saturated carbocycles. The van der Waals surface area contributed by atoms with Gasteiger partial charge in [-0.05, 0) is 12.8 Å². The molecule has 1 aliphatic carbocycles. The van der Waals surface area contributed by atoms with Crippen LogP contribution in [-0.4, -0.2) is 30.5 Å². The standard InChI is InChI=1S/C22H39N3/c1-2-3-4-5-6-7-8-9-10-12-15-22(16-13-11-14-17-22)20-25-19-18-24-21(25)23/h11,13-14,16H,2-10,12,15,17-20H2,1H3,(H2,23,24). The summed E-state index contributed by atoms with van der Waals surface area (Å²) in [6.45, 7) is 5.17. The topological polar surface area (TPSA) is 41.6 Å². The van der Waals surface area contributed by atoms with E-state index in [0.717, 1.165) is 32.0 Å². The molecule has 0 bridgehead atoms. The molecule has 0 fully saturated rings. The predicted octanol–water partition coefficient (Wildman–Crippen LogP) is 5.43. The molecule has 0 aromatic heterocycles. The summed E-state index contributed by atoms with van der Waals surface area (Å²) in [6, 6.07) is 0. The van der Waals surface area contributed by atoms with E-state index >= 15 is 0 Å². The van der Waals surface area contributed by atoms with E-state index in [1.165, 1.54) is 70.6 Å². The van der Waals surface area contributed by atoms with Crippen molar-refractivity contribution in [1.82, 2.24) is 4.90 Å². The Morgan fingerprint density at radius 3 is 2.24 bits per heavy atom. The van der Waals surface area contributed by atoms with E-state index in [4.69, 9.17) is 5.73 Å². The van der Waals surface area contributed by atoms with Crippen LogP contribution in [0.15, 0.2) is 29.3 Å². The molecule has 0 aromatic rings. The highest BCUT2D eigenvalue weighted by atomic mass is 15.3. The summed E-state index contributed by atoms with van der Waals surface area (Å²) in [5.74, 6) is 0.741. The summed E-state index contributed by atoms with van der Waals surface area (Å²) in [5.41, 5.74) is 6.31. The van der Waals surface area contributed by atoms with Crippen molar-refractivity contribution in [2.24, 2.45) is 16.1 Å². The number of nitrogens with zero attached hydrogens (tertiary/aromatic N) is 2. The maximum Gasteiger partial charge on any atom is 0.191 e. The van der Waals surface area contributed by atoms with Gasteiger partial charge in [0.1, 0.15) is 0 Å². The molecule has 0 spiro atoms. The maximum atomic E-state index is 6.04. The lowest BCUT2D eigenvalue weighted by Gasteiger charge is -2.36. The van der Waals surface area contributed by atoms with Crippen molar-refractivity contribution >= 4 is 5.96 Å². The monoisotopic (exact) mass is 345 g/mol. The van der Waals surface area contributed by atoms with Gasteiger partial charge in [-0.1, -0.05) is 95.4 Å². The second kappa shape index (κ2) is 11.4. The summed E-state index contributed by atoms with van der Waals surface area (Å²) in [6.07, 6.45) is 25.6. The first-order chi connectivity index (χ1) is 12.3. The summed E-state index contributed by atoms with van der Waals surface area (Å²) in [5, 5.41) is 0. The fourth-order valence-electron chi connectivity index (χ4n) is 4.10. The molecule has 0 saturated heterocycles. The highest BCUT2D eigenvalue weighted by Gasteiger charge is 2.31. The molecule has 1 unspecified atom stereocenters. The average molecular weight is 346 g/mol. The average Bonchev–Trinajstić information content (AvgIpc) is 3.02. The predicted molar refractivity (Wildman–Crippen MR) is 110 cm³/mol. The molecule has 2 rings (SSSR count). The number of rotatable bonds is 13. The molecule has 142 valence electrons. The third-order valence-electron chi connectivity index (χ3n) is 5.72. The fraction of sp³-hybridized carbons (Fsp3) is 0.773. The summed E-state index contributed by atoms with van der Waals surface area (Å²) >= 11 is 0. The third kappa shape index (κ3) is 7.25. The third-order valence-corrected chi connectivity index (χ3v) is 5.72. The Hall–Kier alpha value is -1.25. The molecular weight excluding hydrogens is 306 g/mol. The second-order valence-corrected chi connectivity index (χ2v) is 7.95. The van der Waals surface area contributed by atoms with E-state index in [9.17, 15) is 0 Å². The van der Waals surface area contributed by atoms with Gasteiger partial charge in [-0.25, -0.2) is 0 Å². The molecule has 1 atom stereocenters. The van der Waals surface area contributed by atoms with Gasteiger partial charge in [0.05, 0.1) is 6.54 Å². The molecule has 1 aliphatic heterocycles. The first-order valence-corrected chi connectivity index (χ1v) is 10.6. The van der Waals surface area contributed by atoms with E-state index in [1.807, 2.05) is 0 Å². The molecule has 0 amide bonds. The number of hydrogen-bond acceptors (Lipinski definition) is 3. The van der Waals surface area contributed by atoms with Crippen LogP contribution >= 0.6 is 0 Å². The quantitative estimate of drug-likeness (QED) is 0.452. The van der Waals surface area contributed by atoms with Crippen molar-refractivity contribution < 1.29 is 0 Å². The number of hydrogen-bond donors (Lipinski definition) is 1. The van der Waals surface area contributed by atoms with Crippen LogP contribution in [0.5, 0.6) is 0 Å². The Bertz CT molecular complexity index is 452. The minimum absolute atomic E-state index is 0.263. The molecule has 3 heteroatoms. The van der Waals surface area contributed by atoms with Crippen LogP contribution in [0.25, 0.3) is 0 Å². The number of nitrogens with two attached hydrogens (primary N) is 1. The molecule has 0 radical (unpaired) electrons. The Morgan fingerprint density at radius 2 is 1.68 bits per heavy atom. The van der Waals surface area contributed by atoms with Crippen LogP contribution in [-0.2, 0) is 0 Å². The highest BCUT2D eigenvalue weighted by molar-refractivity contribution is 5.79. The summed E-state index contributed by atoms with van der Waals surface area (Å²) < 4.78 is 0. The van der Waals surface area contributed by atoms with E-state index in [1.54, 1.807) is 0 Å². The lowest BCUT2D eigenvalue weighted by Crippen LogP contribution is -2.42. The van der Waals surface area contributed by atoms with Gasteiger partial charge in [0.15, 0.2) is 5.96 Å². The summed E-state index contributed by atoms with van der Waals surface area (Å²) in [7, 11) is 0. The van der Waals surface area contributed by atoms with Gasteiger partial charge < -0.3 is 10.6 Å². The van der Waals surface area contributed by atoms with Crippen molar-refractivity contribution in [3.63, 3.8) is 0 Å². The number of guanidine groups is 1. The van der Waals surface area contributed by atoms with Crippen LogP contribution < -0.4 is 5.73 Å². The largest absolute Gasteiger partial charge is 0.370 e. The van der Waals surface area contributed by atoms with E-state index in [2.05, 4.69) is 41.1 Å². The maximum absolute atomic E-state index is 6.04. The van der Waals surface area contributed by atoms with Gasteiger partial charge in [0, 0.05) is 18.5 Å². The number of allylic oxidation sites excluding steroid dienone is 3. The highest BCUT2D eigenvalue weighted by Crippen LogP contribution is 2.35. The lowest BCUT2D eigenvalue weighted by molar-refractivity contribution is 0.250. The van der Waals surface area contributed by atoms with E-state index in [-0.39, 0.29) is 5.41 Å². The Balaban J connectivity index is 1.61. The smallest absolute Gasteiger partial charge is 0.191 e. The molecular formula is C22H39N3. The Kier molecular flexibility index (Phi) is 9.14. The van der Waals surface area contributed by atoms with Gasteiger partial charge in [0.2, 0.25) is 0 Å². The zero-order chi connectivity index (χ0) is 17.8. The zero-order valence-corrected chi connectivity index (χ0v) is 16.4. The second-order valence-electron chi connectivity index (χ2n) is 7.95. The van der Waals surface area contributed by atoms with Crippen LogP contribution in [0.1, 0.15) is 84.0 Å². The molecule has 2 N–H and O–H groups in total. The van der Waals surface area contributed by atoms with E-state index < -0.39 is 0 Å². The van der Waals surface area contributed by atoms with Crippen LogP contribution in [0.3, 0.4) is 0 Å². The lowest BCUT2D eigenvalue weighted by atomic mass is 9.76. The van der Waals surface area contributed by atoms with Crippen LogP contribution in [0.4, 0.5) is 0 Å². The number of aliphatic imine (C=N–C) groups is 1. The van der Waals surface area contributed by atoms with Gasteiger partial charge >= 0.3 is 0 Å². The van der Waals surface area contributed by atoms with Crippen molar-refractivity contribution in [3.8, 4) is 0 Å². The summed E-state index contributed by atoms with van der Waals surface area (Å²) in [4.78, 5) is 6.63. The number of unbranched alkanes of at least 4 members (excludes halogenated alkanes) is 9. The fourth-order valence-corrected chi connectivity index (χ4v) is 4.10. The SMILES string of the molecule is CCCCCCCCCCCCC1(CN2CCN=C2N)C=CC=CC1. The molecule has 3 nitrogen and oxygen atoms in total. The van der Waals surface area contributed by atoms with Gasteiger partial charge in [-0.2, -0.15) is 0 Å². The molecule has 2 aliphatic rings. The van der Waals surface area contributed by atoms with Gasteiger partial charge in [0.25, 0.3) is 0 Å². The van der Waals surface area contributed by atoms with Crippen molar-refractivity contribution in [2.45, 2.75) is 84.0 Å². The Labute approximate surface area is 155 Å². The molecule has 25 heavy (non-hydrogen) atoms. The first kappa shape index (κ1) is 20.1. The van der Waals surface area contributed by atoms with Crippen molar-refractivity contribution in [1.29, 1.82) is 0 Å². The van der Waals surface area contributed by atoms with Crippen LogP contribution in [0.2, 0.25) is 0 Å².